The van der Waals surface area contributed by atoms with Crippen LogP contribution in [0, 0.1) is 6.92 Å². The first kappa shape index (κ1) is 13.4. The highest BCUT2D eigenvalue weighted by molar-refractivity contribution is 5.68. The van der Waals surface area contributed by atoms with Gasteiger partial charge in [-0.05, 0) is 18.9 Å². The fraction of sp³-hybridized carbons (Fsp3) is 0.267. The maximum absolute atomic E-state index is 6.04. The number of hydrogen-bond acceptors (Lipinski definition) is 4. The van der Waals surface area contributed by atoms with Crippen LogP contribution in [0.5, 0.6) is 0 Å². The molecule has 2 N–H and O–H groups in total. The summed E-state index contributed by atoms with van der Waals surface area (Å²) in [6.45, 7) is 2.76. The molecule has 1 aromatic carbocycles. The SMILES string of the molecule is Cc1nnc(-c2cnn(C)c2N)n1CCc1ccccc1. The molecular formula is C15H18N6. The minimum atomic E-state index is 0.600. The first-order chi connectivity index (χ1) is 10.2. The number of nitrogen functional groups attached to an aromatic ring is 1. The molecule has 108 valence electrons. The zero-order valence-corrected chi connectivity index (χ0v) is 12.2. The Kier molecular flexibility index (Phi) is 3.43. The molecule has 3 aromatic rings. The summed E-state index contributed by atoms with van der Waals surface area (Å²) < 4.78 is 3.72. The third-order valence-corrected chi connectivity index (χ3v) is 3.63. The number of anilines is 1. The quantitative estimate of drug-likeness (QED) is 0.792. The van der Waals surface area contributed by atoms with Crippen molar-refractivity contribution in [2.45, 2.75) is 19.9 Å². The molecule has 0 aliphatic rings. The van der Waals surface area contributed by atoms with Crippen molar-refractivity contribution < 1.29 is 0 Å². The van der Waals surface area contributed by atoms with E-state index >= 15 is 0 Å². The van der Waals surface area contributed by atoms with Crippen molar-refractivity contribution in [2.75, 3.05) is 5.73 Å². The highest BCUT2D eigenvalue weighted by Gasteiger charge is 2.16. The summed E-state index contributed by atoms with van der Waals surface area (Å²) in [4.78, 5) is 0. The molecule has 6 nitrogen and oxygen atoms in total. The smallest absolute Gasteiger partial charge is 0.169 e. The van der Waals surface area contributed by atoms with Crippen molar-refractivity contribution >= 4 is 5.82 Å². The van der Waals surface area contributed by atoms with E-state index in [-0.39, 0.29) is 0 Å². The molecule has 2 aromatic heterocycles. The molecular weight excluding hydrogens is 264 g/mol. The predicted octanol–water partition coefficient (Wildman–Crippen LogP) is 1.81. The summed E-state index contributed by atoms with van der Waals surface area (Å²) in [7, 11) is 1.82. The topological polar surface area (TPSA) is 74.6 Å². The van der Waals surface area contributed by atoms with E-state index in [0.717, 1.165) is 30.2 Å². The van der Waals surface area contributed by atoms with Gasteiger partial charge in [-0.1, -0.05) is 30.3 Å². The molecule has 0 saturated carbocycles. The Balaban J connectivity index is 1.89. The van der Waals surface area contributed by atoms with Gasteiger partial charge in [0.15, 0.2) is 5.82 Å². The lowest BCUT2D eigenvalue weighted by Crippen LogP contribution is -2.06. The molecule has 0 bridgehead atoms. The van der Waals surface area contributed by atoms with E-state index in [1.54, 1.807) is 10.9 Å². The van der Waals surface area contributed by atoms with Crippen LogP contribution < -0.4 is 5.73 Å². The molecule has 0 aliphatic carbocycles. The molecule has 0 radical (unpaired) electrons. The molecule has 21 heavy (non-hydrogen) atoms. The Labute approximate surface area is 123 Å². The van der Waals surface area contributed by atoms with Crippen LogP contribution in [0.1, 0.15) is 11.4 Å². The number of aromatic nitrogens is 5. The minimum Gasteiger partial charge on any atom is -0.383 e. The second-order valence-corrected chi connectivity index (χ2v) is 5.03. The van der Waals surface area contributed by atoms with Gasteiger partial charge in [0.1, 0.15) is 11.6 Å². The van der Waals surface area contributed by atoms with E-state index in [1.165, 1.54) is 5.56 Å². The summed E-state index contributed by atoms with van der Waals surface area (Å²) in [5.74, 6) is 2.25. The van der Waals surface area contributed by atoms with E-state index in [1.807, 2.05) is 32.2 Å². The normalized spacial score (nSPS) is 11.0. The second-order valence-electron chi connectivity index (χ2n) is 5.03. The Morgan fingerprint density at radius 1 is 1.14 bits per heavy atom. The molecule has 0 atom stereocenters. The van der Waals surface area contributed by atoms with Gasteiger partial charge in [0.25, 0.3) is 0 Å². The van der Waals surface area contributed by atoms with E-state index in [2.05, 4.69) is 32.0 Å². The van der Waals surface area contributed by atoms with Crippen LogP contribution in [0.4, 0.5) is 5.82 Å². The highest BCUT2D eigenvalue weighted by Crippen LogP contribution is 2.24. The highest BCUT2D eigenvalue weighted by atomic mass is 15.3. The van der Waals surface area contributed by atoms with Crippen LogP contribution in [0.25, 0.3) is 11.4 Å². The maximum atomic E-state index is 6.04. The summed E-state index contributed by atoms with van der Waals surface area (Å²) in [5, 5.41) is 12.6. The average Bonchev–Trinajstić information content (AvgIpc) is 3.02. The Morgan fingerprint density at radius 2 is 1.90 bits per heavy atom. The van der Waals surface area contributed by atoms with Crippen LogP contribution in [0.3, 0.4) is 0 Å². The molecule has 0 fully saturated rings. The lowest BCUT2D eigenvalue weighted by molar-refractivity contribution is 0.678. The summed E-state index contributed by atoms with van der Waals surface area (Å²) in [6, 6.07) is 10.4. The molecule has 0 unspecified atom stereocenters. The van der Waals surface area contributed by atoms with Gasteiger partial charge in [-0.2, -0.15) is 5.10 Å². The number of hydrogen-bond donors (Lipinski definition) is 1. The zero-order chi connectivity index (χ0) is 14.8. The lowest BCUT2D eigenvalue weighted by atomic mass is 10.1. The predicted molar refractivity (Wildman–Crippen MR) is 81.5 cm³/mol. The fourth-order valence-electron chi connectivity index (χ4n) is 2.35. The van der Waals surface area contributed by atoms with Crippen molar-refractivity contribution in [1.82, 2.24) is 24.5 Å². The van der Waals surface area contributed by atoms with Crippen LogP contribution in [-0.2, 0) is 20.0 Å². The molecule has 0 spiro atoms. The molecule has 0 amide bonds. The van der Waals surface area contributed by atoms with Gasteiger partial charge in [-0.25, -0.2) is 0 Å². The molecule has 0 aliphatic heterocycles. The first-order valence-corrected chi connectivity index (χ1v) is 6.88. The zero-order valence-electron chi connectivity index (χ0n) is 12.2. The molecule has 0 saturated heterocycles. The average molecular weight is 282 g/mol. The third-order valence-electron chi connectivity index (χ3n) is 3.63. The van der Waals surface area contributed by atoms with Gasteiger partial charge in [0.2, 0.25) is 0 Å². The maximum Gasteiger partial charge on any atom is 0.169 e. The van der Waals surface area contributed by atoms with Gasteiger partial charge in [-0.15, -0.1) is 10.2 Å². The summed E-state index contributed by atoms with van der Waals surface area (Å²) in [5.41, 5.74) is 8.15. The largest absolute Gasteiger partial charge is 0.383 e. The molecule has 2 heterocycles. The van der Waals surface area contributed by atoms with Gasteiger partial charge in [-0.3, -0.25) is 4.68 Å². The Hall–Kier alpha value is -2.63. The van der Waals surface area contributed by atoms with E-state index < -0.39 is 0 Å². The van der Waals surface area contributed by atoms with Crippen molar-refractivity contribution in [1.29, 1.82) is 0 Å². The van der Waals surface area contributed by atoms with Crippen LogP contribution >= 0.6 is 0 Å². The number of nitrogens with zero attached hydrogens (tertiary/aromatic N) is 5. The van der Waals surface area contributed by atoms with Crippen molar-refractivity contribution in [3.05, 3.63) is 47.9 Å². The van der Waals surface area contributed by atoms with Gasteiger partial charge in [0.05, 0.1) is 11.8 Å². The van der Waals surface area contributed by atoms with Crippen molar-refractivity contribution in [2.24, 2.45) is 7.05 Å². The monoisotopic (exact) mass is 282 g/mol. The first-order valence-electron chi connectivity index (χ1n) is 6.88. The van der Waals surface area contributed by atoms with E-state index in [4.69, 9.17) is 5.73 Å². The van der Waals surface area contributed by atoms with E-state index in [0.29, 0.717) is 5.82 Å². The lowest BCUT2D eigenvalue weighted by Gasteiger charge is -2.08. The molecule has 3 rings (SSSR count). The van der Waals surface area contributed by atoms with Gasteiger partial charge in [0, 0.05) is 13.6 Å². The third kappa shape index (κ3) is 2.52. The van der Waals surface area contributed by atoms with Crippen LogP contribution in [-0.4, -0.2) is 24.5 Å². The standard InChI is InChI=1S/C15H18N6/c1-11-18-19-15(13-10-17-20(2)14(13)16)21(11)9-8-12-6-4-3-5-7-12/h3-7,10H,8-9,16H2,1-2H3. The Morgan fingerprint density at radius 3 is 2.57 bits per heavy atom. The number of nitrogens with two attached hydrogens (primary N) is 1. The van der Waals surface area contributed by atoms with Gasteiger partial charge >= 0.3 is 0 Å². The second kappa shape index (κ2) is 5.40. The van der Waals surface area contributed by atoms with Crippen LogP contribution in [0.15, 0.2) is 36.5 Å². The number of aryl methyl sites for hydroxylation is 3. The van der Waals surface area contributed by atoms with Crippen LogP contribution in [0.2, 0.25) is 0 Å². The fourth-order valence-corrected chi connectivity index (χ4v) is 2.35. The van der Waals surface area contributed by atoms with Crippen molar-refractivity contribution in [3.8, 4) is 11.4 Å². The number of rotatable bonds is 4. The Bertz CT molecular complexity index is 741. The van der Waals surface area contributed by atoms with Gasteiger partial charge < -0.3 is 10.3 Å². The minimum absolute atomic E-state index is 0.600. The van der Waals surface area contributed by atoms with E-state index in [9.17, 15) is 0 Å². The molecule has 6 heteroatoms. The number of benzene rings is 1. The summed E-state index contributed by atoms with van der Waals surface area (Å²) >= 11 is 0. The van der Waals surface area contributed by atoms with Crippen molar-refractivity contribution in [3.63, 3.8) is 0 Å². The summed E-state index contributed by atoms with van der Waals surface area (Å²) in [6.07, 6.45) is 2.66.